The maximum Gasteiger partial charge on any atom is 0.241 e. The van der Waals surface area contributed by atoms with E-state index in [0.29, 0.717) is 5.56 Å². The van der Waals surface area contributed by atoms with Gasteiger partial charge in [0.1, 0.15) is 0 Å². The Morgan fingerprint density at radius 3 is 2.79 bits per heavy atom. The highest BCUT2D eigenvalue weighted by atomic mass is 32.2. The molecule has 2 rings (SSSR count). The predicted octanol–water partition coefficient (Wildman–Crippen LogP) is 0.908. The van der Waals surface area contributed by atoms with E-state index < -0.39 is 10.0 Å². The summed E-state index contributed by atoms with van der Waals surface area (Å²) in [6.45, 7) is 1.94. The quantitative estimate of drug-likeness (QED) is 0.757. The van der Waals surface area contributed by atoms with Gasteiger partial charge in [-0.15, -0.1) is 0 Å². The van der Waals surface area contributed by atoms with Crippen LogP contribution >= 0.6 is 0 Å². The van der Waals surface area contributed by atoms with E-state index in [1.165, 1.54) is 0 Å². The molecular formula is C12H16N4O2S. The van der Waals surface area contributed by atoms with Crippen LogP contribution < -0.4 is 10.5 Å². The first-order valence-electron chi connectivity index (χ1n) is 5.83. The van der Waals surface area contributed by atoms with E-state index in [-0.39, 0.29) is 17.5 Å². The number of H-pyrrole nitrogens is 1. The Kier molecular flexibility index (Phi) is 3.98. The Bertz CT molecular complexity index is 638. The number of nitrogens with zero attached hydrogens (tertiary/aromatic N) is 1. The molecule has 1 atom stereocenters. The van der Waals surface area contributed by atoms with Crippen molar-refractivity contribution in [2.75, 3.05) is 0 Å². The van der Waals surface area contributed by atoms with Crippen molar-refractivity contribution < 1.29 is 8.42 Å². The lowest BCUT2D eigenvalue weighted by atomic mass is 10.2. The SMILES string of the molecule is CC(NS(=O)(=O)c1ccccc1CN)c1cn[nH]c1. The number of nitrogens with two attached hydrogens (primary N) is 1. The van der Waals surface area contributed by atoms with E-state index in [9.17, 15) is 8.42 Å². The van der Waals surface area contributed by atoms with Gasteiger partial charge >= 0.3 is 0 Å². The molecule has 7 heteroatoms. The topological polar surface area (TPSA) is 101 Å². The number of aromatic amines is 1. The summed E-state index contributed by atoms with van der Waals surface area (Å²) >= 11 is 0. The molecule has 0 bridgehead atoms. The molecule has 0 amide bonds. The van der Waals surface area contributed by atoms with Gasteiger partial charge in [-0.1, -0.05) is 18.2 Å². The predicted molar refractivity (Wildman–Crippen MR) is 71.7 cm³/mol. The van der Waals surface area contributed by atoms with Crippen LogP contribution in [0.3, 0.4) is 0 Å². The third-order valence-electron chi connectivity index (χ3n) is 2.83. The van der Waals surface area contributed by atoms with Crippen LogP contribution in [0.2, 0.25) is 0 Å². The summed E-state index contributed by atoms with van der Waals surface area (Å²) in [7, 11) is -3.60. The molecule has 6 nitrogen and oxygen atoms in total. The zero-order valence-electron chi connectivity index (χ0n) is 10.5. The molecule has 1 unspecified atom stereocenters. The van der Waals surface area contributed by atoms with Crippen molar-refractivity contribution >= 4 is 10.0 Å². The molecule has 2 aromatic rings. The Morgan fingerprint density at radius 2 is 2.16 bits per heavy atom. The maximum absolute atomic E-state index is 12.3. The normalized spacial score (nSPS) is 13.4. The first-order chi connectivity index (χ1) is 9.04. The molecule has 1 heterocycles. The second kappa shape index (κ2) is 5.52. The zero-order valence-corrected chi connectivity index (χ0v) is 11.3. The van der Waals surface area contributed by atoms with E-state index in [4.69, 9.17) is 5.73 Å². The van der Waals surface area contributed by atoms with Crippen LogP contribution in [0.5, 0.6) is 0 Å². The number of hydrogen-bond acceptors (Lipinski definition) is 4. The lowest BCUT2D eigenvalue weighted by Gasteiger charge is -2.14. The van der Waals surface area contributed by atoms with Crippen molar-refractivity contribution in [3.8, 4) is 0 Å². The van der Waals surface area contributed by atoms with E-state index in [0.717, 1.165) is 5.56 Å². The highest BCUT2D eigenvalue weighted by Crippen LogP contribution is 2.18. The van der Waals surface area contributed by atoms with E-state index >= 15 is 0 Å². The van der Waals surface area contributed by atoms with Crippen LogP contribution in [-0.4, -0.2) is 18.6 Å². The molecule has 19 heavy (non-hydrogen) atoms. The van der Waals surface area contributed by atoms with Crippen LogP contribution in [0, 0.1) is 0 Å². The van der Waals surface area contributed by atoms with Crippen LogP contribution in [0.15, 0.2) is 41.6 Å². The monoisotopic (exact) mass is 280 g/mol. The summed E-state index contributed by atoms with van der Waals surface area (Å²) < 4.78 is 27.2. The van der Waals surface area contributed by atoms with Gasteiger partial charge < -0.3 is 5.73 Å². The van der Waals surface area contributed by atoms with Gasteiger partial charge in [0, 0.05) is 24.3 Å². The van der Waals surface area contributed by atoms with Gasteiger partial charge in [0.05, 0.1) is 11.1 Å². The molecule has 4 N–H and O–H groups in total. The Balaban J connectivity index is 2.28. The summed E-state index contributed by atoms with van der Waals surface area (Å²) in [4.78, 5) is 0.216. The van der Waals surface area contributed by atoms with Gasteiger partial charge in [0.2, 0.25) is 10.0 Å². The average molecular weight is 280 g/mol. The molecule has 0 radical (unpaired) electrons. The number of aromatic nitrogens is 2. The minimum atomic E-state index is -3.60. The summed E-state index contributed by atoms with van der Waals surface area (Å²) in [5, 5.41) is 6.45. The smallest absolute Gasteiger partial charge is 0.241 e. The third kappa shape index (κ3) is 3.01. The minimum Gasteiger partial charge on any atom is -0.326 e. The van der Waals surface area contributed by atoms with Crippen LogP contribution in [0.4, 0.5) is 0 Å². The molecular weight excluding hydrogens is 264 g/mol. The number of sulfonamides is 1. The van der Waals surface area contributed by atoms with Crippen molar-refractivity contribution in [2.45, 2.75) is 24.4 Å². The van der Waals surface area contributed by atoms with Gasteiger partial charge in [-0.05, 0) is 18.6 Å². The standard InChI is InChI=1S/C12H16N4O2S/c1-9(11-7-14-15-8-11)16-19(17,18)12-5-3-2-4-10(12)6-13/h2-5,7-9,16H,6,13H2,1H3,(H,14,15). The highest BCUT2D eigenvalue weighted by molar-refractivity contribution is 7.89. The molecule has 1 aromatic heterocycles. The highest BCUT2D eigenvalue weighted by Gasteiger charge is 2.21. The molecule has 0 saturated carbocycles. The molecule has 0 aliphatic carbocycles. The second-order valence-electron chi connectivity index (χ2n) is 4.19. The molecule has 0 aliphatic heterocycles. The Hall–Kier alpha value is -1.70. The Labute approximate surface area is 112 Å². The van der Waals surface area contributed by atoms with Crippen molar-refractivity contribution in [3.63, 3.8) is 0 Å². The summed E-state index contributed by atoms with van der Waals surface area (Å²) in [6.07, 6.45) is 3.24. The molecule has 1 aromatic carbocycles. The number of rotatable bonds is 5. The van der Waals surface area contributed by atoms with Gasteiger partial charge in [-0.3, -0.25) is 5.10 Å². The summed E-state index contributed by atoms with van der Waals surface area (Å²) in [5.74, 6) is 0. The van der Waals surface area contributed by atoms with Crippen LogP contribution in [0.25, 0.3) is 0 Å². The van der Waals surface area contributed by atoms with Gasteiger partial charge in [-0.25, -0.2) is 13.1 Å². The summed E-state index contributed by atoms with van der Waals surface area (Å²) in [5.41, 5.74) is 6.93. The second-order valence-corrected chi connectivity index (χ2v) is 5.87. The van der Waals surface area contributed by atoms with Crippen LogP contribution in [0.1, 0.15) is 24.1 Å². The lowest BCUT2D eigenvalue weighted by Crippen LogP contribution is -2.27. The van der Waals surface area contributed by atoms with Gasteiger partial charge in [0.25, 0.3) is 0 Å². The van der Waals surface area contributed by atoms with Crippen molar-refractivity contribution in [3.05, 3.63) is 47.8 Å². The number of nitrogens with one attached hydrogen (secondary N) is 2. The van der Waals surface area contributed by atoms with Crippen molar-refractivity contribution in [2.24, 2.45) is 5.73 Å². The molecule has 0 spiro atoms. The number of benzene rings is 1. The third-order valence-corrected chi connectivity index (χ3v) is 4.47. The van der Waals surface area contributed by atoms with Gasteiger partial charge in [0.15, 0.2) is 0 Å². The fourth-order valence-electron chi connectivity index (χ4n) is 1.80. The van der Waals surface area contributed by atoms with E-state index in [1.807, 2.05) is 0 Å². The van der Waals surface area contributed by atoms with Crippen LogP contribution in [-0.2, 0) is 16.6 Å². The minimum absolute atomic E-state index is 0.178. The van der Waals surface area contributed by atoms with E-state index in [2.05, 4.69) is 14.9 Å². The molecule has 102 valence electrons. The average Bonchev–Trinajstić information content (AvgIpc) is 2.92. The molecule has 0 aliphatic rings. The number of hydrogen-bond donors (Lipinski definition) is 3. The largest absolute Gasteiger partial charge is 0.326 e. The van der Waals surface area contributed by atoms with Crippen molar-refractivity contribution in [1.29, 1.82) is 0 Å². The van der Waals surface area contributed by atoms with Gasteiger partial charge in [-0.2, -0.15) is 5.10 Å². The lowest BCUT2D eigenvalue weighted by molar-refractivity contribution is 0.566. The first kappa shape index (κ1) is 13.7. The summed E-state index contributed by atoms with van der Waals surface area (Å²) in [6, 6.07) is 6.33. The fraction of sp³-hybridized carbons (Fsp3) is 0.250. The Morgan fingerprint density at radius 1 is 1.42 bits per heavy atom. The molecule has 0 fully saturated rings. The molecule has 0 saturated heterocycles. The maximum atomic E-state index is 12.3. The van der Waals surface area contributed by atoms with E-state index in [1.54, 1.807) is 43.6 Å². The van der Waals surface area contributed by atoms with Crippen molar-refractivity contribution in [1.82, 2.24) is 14.9 Å². The first-order valence-corrected chi connectivity index (χ1v) is 7.32. The fourth-order valence-corrected chi connectivity index (χ4v) is 3.28. The zero-order chi connectivity index (χ0) is 13.9.